The van der Waals surface area contributed by atoms with Crippen molar-refractivity contribution in [2.24, 2.45) is 0 Å². The van der Waals surface area contributed by atoms with Crippen LogP contribution in [0.1, 0.15) is 12.5 Å². The number of piperazine rings is 1. The molecule has 0 radical (unpaired) electrons. The van der Waals surface area contributed by atoms with Crippen LogP contribution >= 0.6 is 0 Å². The van der Waals surface area contributed by atoms with Gasteiger partial charge in [-0.15, -0.1) is 0 Å². The van der Waals surface area contributed by atoms with Crippen molar-refractivity contribution >= 4 is 6.03 Å². The smallest absolute Gasteiger partial charge is 0.317 e. The van der Waals surface area contributed by atoms with Crippen LogP contribution < -0.4 is 5.32 Å². The number of nitrogens with one attached hydrogen (secondary N) is 1. The first-order valence-corrected chi connectivity index (χ1v) is 7.62. The molecule has 1 heterocycles. The zero-order valence-electron chi connectivity index (χ0n) is 12.7. The van der Waals surface area contributed by atoms with Crippen molar-refractivity contribution in [2.45, 2.75) is 19.4 Å². The molecule has 2 N–H and O–H groups in total. The number of aliphatic hydroxyl groups excluding tert-OH is 1. The van der Waals surface area contributed by atoms with Gasteiger partial charge in [-0.2, -0.15) is 0 Å². The minimum atomic E-state index is -0.309. The normalized spacial score (nSPS) is 17.5. The molecule has 5 nitrogen and oxygen atoms in total. The second-order valence-corrected chi connectivity index (χ2v) is 5.60. The molecule has 5 heteroatoms. The molecule has 116 valence electrons. The Morgan fingerprint density at radius 3 is 2.52 bits per heavy atom. The van der Waals surface area contributed by atoms with Crippen LogP contribution in [0.15, 0.2) is 30.3 Å². The van der Waals surface area contributed by atoms with E-state index in [1.165, 1.54) is 5.56 Å². The molecule has 1 fully saturated rings. The largest absolute Gasteiger partial charge is 0.392 e. The Labute approximate surface area is 126 Å². The predicted octanol–water partition coefficient (Wildman–Crippen LogP) is 0.937. The highest BCUT2D eigenvalue weighted by Crippen LogP contribution is 2.03. The van der Waals surface area contributed by atoms with Gasteiger partial charge in [-0.05, 0) is 18.9 Å². The van der Waals surface area contributed by atoms with E-state index in [4.69, 9.17) is 0 Å². The van der Waals surface area contributed by atoms with E-state index < -0.39 is 0 Å². The summed E-state index contributed by atoms with van der Waals surface area (Å²) in [6.45, 7) is 6.25. The fourth-order valence-corrected chi connectivity index (χ4v) is 2.58. The van der Waals surface area contributed by atoms with Crippen LogP contribution in [0.2, 0.25) is 0 Å². The third-order valence-corrected chi connectivity index (χ3v) is 3.71. The number of carbonyl (C=O) groups excluding carboxylic acids is 1. The Bertz CT molecular complexity index is 428. The summed E-state index contributed by atoms with van der Waals surface area (Å²) in [6.07, 6.45) is 0.547. The summed E-state index contributed by atoms with van der Waals surface area (Å²) >= 11 is 0. The van der Waals surface area contributed by atoms with E-state index >= 15 is 0 Å². The minimum Gasteiger partial charge on any atom is -0.392 e. The van der Waals surface area contributed by atoms with Gasteiger partial charge in [-0.25, -0.2) is 4.79 Å². The molecule has 0 unspecified atom stereocenters. The number of hydrogen-bond donors (Lipinski definition) is 2. The van der Waals surface area contributed by atoms with Gasteiger partial charge in [-0.1, -0.05) is 30.3 Å². The van der Waals surface area contributed by atoms with Gasteiger partial charge in [0.25, 0.3) is 0 Å². The van der Waals surface area contributed by atoms with Gasteiger partial charge >= 0.3 is 6.03 Å². The van der Waals surface area contributed by atoms with E-state index in [9.17, 15) is 9.90 Å². The van der Waals surface area contributed by atoms with Crippen molar-refractivity contribution in [1.82, 2.24) is 15.1 Å². The summed E-state index contributed by atoms with van der Waals surface area (Å²) in [6, 6.07) is 10.2. The van der Waals surface area contributed by atoms with Gasteiger partial charge in [0, 0.05) is 39.3 Å². The maximum Gasteiger partial charge on any atom is 0.317 e. The number of benzene rings is 1. The van der Waals surface area contributed by atoms with Crippen LogP contribution in [-0.2, 0) is 6.42 Å². The summed E-state index contributed by atoms with van der Waals surface area (Å²) in [5, 5.41) is 12.3. The number of β-amino-alcohol motifs (C(OH)–C–C–N with tert-alkyl or cyclic N) is 1. The molecule has 1 aliphatic heterocycles. The van der Waals surface area contributed by atoms with Crippen LogP contribution in [0.25, 0.3) is 0 Å². The maximum atomic E-state index is 12.1. The number of amides is 2. The van der Waals surface area contributed by atoms with E-state index in [-0.39, 0.29) is 12.1 Å². The van der Waals surface area contributed by atoms with E-state index in [0.29, 0.717) is 13.1 Å². The zero-order chi connectivity index (χ0) is 15.1. The third kappa shape index (κ3) is 5.36. The fourth-order valence-electron chi connectivity index (χ4n) is 2.58. The van der Waals surface area contributed by atoms with Crippen LogP contribution in [-0.4, -0.2) is 66.3 Å². The molecule has 0 bridgehead atoms. The number of hydrogen-bond acceptors (Lipinski definition) is 3. The minimum absolute atomic E-state index is 0.0163. The van der Waals surface area contributed by atoms with Gasteiger partial charge in [0.1, 0.15) is 0 Å². The molecule has 0 aliphatic carbocycles. The molecule has 0 saturated carbocycles. The molecule has 0 aromatic heterocycles. The first kappa shape index (κ1) is 15.8. The zero-order valence-corrected chi connectivity index (χ0v) is 12.7. The Hall–Kier alpha value is -1.59. The maximum absolute atomic E-state index is 12.1. The number of carbonyl (C=O) groups is 1. The molecule has 1 saturated heterocycles. The molecule has 21 heavy (non-hydrogen) atoms. The standard InChI is InChI=1S/C16H25N3O2/c1-14(20)13-18-9-11-19(12-10-18)16(21)17-8-7-15-5-3-2-4-6-15/h2-6,14,20H,7-13H2,1H3,(H,17,21)/t14-/m1/s1. The van der Waals surface area contributed by atoms with Gasteiger partial charge in [0.2, 0.25) is 0 Å². The summed E-state index contributed by atoms with van der Waals surface area (Å²) < 4.78 is 0. The second-order valence-electron chi connectivity index (χ2n) is 5.60. The molecular weight excluding hydrogens is 266 g/mol. The van der Waals surface area contributed by atoms with Crippen LogP contribution in [0, 0.1) is 0 Å². The molecule has 1 atom stereocenters. The molecule has 1 aromatic rings. The summed E-state index contributed by atoms with van der Waals surface area (Å²) in [7, 11) is 0. The highest BCUT2D eigenvalue weighted by Gasteiger charge is 2.21. The van der Waals surface area contributed by atoms with Crippen molar-refractivity contribution in [2.75, 3.05) is 39.3 Å². The Morgan fingerprint density at radius 2 is 1.90 bits per heavy atom. The van der Waals surface area contributed by atoms with Crippen LogP contribution in [0.5, 0.6) is 0 Å². The molecular formula is C16H25N3O2. The van der Waals surface area contributed by atoms with E-state index in [1.54, 1.807) is 6.92 Å². The monoisotopic (exact) mass is 291 g/mol. The lowest BCUT2D eigenvalue weighted by Gasteiger charge is -2.35. The molecule has 2 rings (SSSR count). The van der Waals surface area contributed by atoms with E-state index in [1.807, 2.05) is 23.1 Å². The Kier molecular flexibility index (Phi) is 6.02. The lowest BCUT2D eigenvalue weighted by Crippen LogP contribution is -2.53. The number of rotatable bonds is 5. The topological polar surface area (TPSA) is 55.8 Å². The van der Waals surface area contributed by atoms with E-state index in [0.717, 1.165) is 32.6 Å². The summed E-state index contributed by atoms with van der Waals surface area (Å²) in [5.41, 5.74) is 1.24. The van der Waals surface area contributed by atoms with Gasteiger partial charge in [0.05, 0.1) is 6.10 Å². The molecule has 2 amide bonds. The van der Waals surface area contributed by atoms with Crippen molar-refractivity contribution < 1.29 is 9.90 Å². The lowest BCUT2D eigenvalue weighted by molar-refractivity contribution is 0.0898. The van der Waals surface area contributed by atoms with Gasteiger partial charge in [-0.3, -0.25) is 4.90 Å². The molecule has 1 aromatic carbocycles. The van der Waals surface area contributed by atoms with Gasteiger partial charge in [0.15, 0.2) is 0 Å². The molecule has 0 spiro atoms. The SMILES string of the molecule is C[C@@H](O)CN1CCN(C(=O)NCCc2ccccc2)CC1. The average molecular weight is 291 g/mol. The average Bonchev–Trinajstić information content (AvgIpc) is 2.48. The van der Waals surface area contributed by atoms with Crippen LogP contribution in [0.3, 0.4) is 0 Å². The quantitative estimate of drug-likeness (QED) is 0.849. The molecule has 1 aliphatic rings. The fraction of sp³-hybridized carbons (Fsp3) is 0.562. The van der Waals surface area contributed by atoms with Crippen molar-refractivity contribution in [1.29, 1.82) is 0 Å². The van der Waals surface area contributed by atoms with Crippen LogP contribution in [0.4, 0.5) is 4.79 Å². The number of urea groups is 1. The van der Waals surface area contributed by atoms with Crippen molar-refractivity contribution in [3.63, 3.8) is 0 Å². The summed E-state index contributed by atoms with van der Waals surface area (Å²) in [5.74, 6) is 0. The Morgan fingerprint density at radius 1 is 1.24 bits per heavy atom. The van der Waals surface area contributed by atoms with Crippen molar-refractivity contribution in [3.05, 3.63) is 35.9 Å². The Balaban J connectivity index is 1.65. The lowest BCUT2D eigenvalue weighted by atomic mass is 10.1. The predicted molar refractivity (Wildman–Crippen MR) is 83.2 cm³/mol. The van der Waals surface area contributed by atoms with E-state index in [2.05, 4.69) is 22.3 Å². The number of aliphatic hydroxyl groups is 1. The first-order chi connectivity index (χ1) is 10.1. The number of nitrogens with zero attached hydrogens (tertiary/aromatic N) is 2. The highest BCUT2D eigenvalue weighted by molar-refractivity contribution is 5.74. The second kappa shape index (κ2) is 8.00. The highest BCUT2D eigenvalue weighted by atomic mass is 16.3. The van der Waals surface area contributed by atoms with Crippen molar-refractivity contribution in [3.8, 4) is 0 Å². The summed E-state index contributed by atoms with van der Waals surface area (Å²) in [4.78, 5) is 16.1. The first-order valence-electron chi connectivity index (χ1n) is 7.62. The van der Waals surface area contributed by atoms with Gasteiger partial charge < -0.3 is 15.3 Å². The third-order valence-electron chi connectivity index (χ3n) is 3.71.